The fourth-order valence-corrected chi connectivity index (χ4v) is 3.86. The predicted molar refractivity (Wildman–Crippen MR) is 123 cm³/mol. The largest absolute Gasteiger partial charge is 0.493 e. The van der Waals surface area contributed by atoms with E-state index in [1.165, 1.54) is 12.1 Å². The van der Waals surface area contributed by atoms with Crippen LogP contribution in [-0.2, 0) is 19.6 Å². The molecule has 30 heavy (non-hydrogen) atoms. The lowest BCUT2D eigenvalue weighted by Gasteiger charge is -2.15. The highest BCUT2D eigenvalue weighted by atomic mass is 79.9. The van der Waals surface area contributed by atoms with Gasteiger partial charge in [-0.3, -0.25) is 0 Å². The SMILES string of the molecule is COc1cc(CNCCc2ccc(Cl)cc2Cl)c(Br)cc1OCc1ccc(F)cc1. The lowest BCUT2D eigenvalue weighted by Crippen LogP contribution is -2.17. The van der Waals surface area contributed by atoms with Crippen LogP contribution in [-0.4, -0.2) is 13.7 Å². The van der Waals surface area contributed by atoms with Crippen LogP contribution in [0.1, 0.15) is 16.7 Å². The monoisotopic (exact) mass is 511 g/mol. The fourth-order valence-electron chi connectivity index (χ4n) is 2.90. The molecule has 0 unspecified atom stereocenters. The van der Waals surface area contributed by atoms with E-state index >= 15 is 0 Å². The third-order valence-corrected chi connectivity index (χ3v) is 5.87. The molecule has 0 aliphatic carbocycles. The molecule has 0 heterocycles. The van der Waals surface area contributed by atoms with E-state index in [-0.39, 0.29) is 5.82 Å². The van der Waals surface area contributed by atoms with Gasteiger partial charge in [0.25, 0.3) is 0 Å². The number of ether oxygens (including phenoxy) is 2. The Hall–Kier alpha value is -1.79. The third kappa shape index (κ3) is 6.35. The summed E-state index contributed by atoms with van der Waals surface area (Å²) in [6.07, 6.45) is 0.795. The molecular formula is C23H21BrCl2FNO2. The van der Waals surface area contributed by atoms with Gasteiger partial charge in [0, 0.05) is 21.1 Å². The van der Waals surface area contributed by atoms with Crippen LogP contribution in [0.4, 0.5) is 4.39 Å². The average molecular weight is 513 g/mol. The number of methoxy groups -OCH3 is 1. The first-order valence-corrected chi connectivity index (χ1v) is 10.9. The highest BCUT2D eigenvalue weighted by Crippen LogP contribution is 2.34. The van der Waals surface area contributed by atoms with Crippen LogP contribution in [0.3, 0.4) is 0 Å². The van der Waals surface area contributed by atoms with Crippen molar-refractivity contribution in [3.8, 4) is 11.5 Å². The molecule has 0 aliphatic rings. The second-order valence-corrected chi connectivity index (χ2v) is 8.37. The van der Waals surface area contributed by atoms with E-state index in [1.54, 1.807) is 25.3 Å². The Morgan fingerprint density at radius 2 is 1.73 bits per heavy atom. The summed E-state index contributed by atoms with van der Waals surface area (Å²) >= 11 is 15.8. The lowest BCUT2D eigenvalue weighted by atomic mass is 10.1. The molecule has 7 heteroatoms. The van der Waals surface area contributed by atoms with Crippen LogP contribution >= 0.6 is 39.1 Å². The van der Waals surface area contributed by atoms with Gasteiger partial charge in [-0.25, -0.2) is 4.39 Å². The summed E-state index contributed by atoms with van der Waals surface area (Å²) in [6.45, 7) is 1.74. The minimum absolute atomic E-state index is 0.269. The maximum atomic E-state index is 13.0. The van der Waals surface area contributed by atoms with E-state index in [2.05, 4.69) is 21.2 Å². The molecule has 0 spiro atoms. The molecule has 3 nitrogen and oxygen atoms in total. The summed E-state index contributed by atoms with van der Waals surface area (Å²) in [7, 11) is 1.60. The Morgan fingerprint density at radius 1 is 0.967 bits per heavy atom. The standard InChI is InChI=1S/C23H21BrCl2FNO2/c1-29-22-10-17(13-28-9-8-16-4-5-18(25)11-21(16)26)20(24)12-23(22)30-14-15-2-6-19(27)7-3-15/h2-7,10-12,28H,8-9,13-14H2,1H3. The lowest BCUT2D eigenvalue weighted by molar-refractivity contribution is 0.284. The van der Waals surface area contributed by atoms with Crippen molar-refractivity contribution in [3.05, 3.63) is 91.6 Å². The number of hydrogen-bond donors (Lipinski definition) is 1. The predicted octanol–water partition coefficient (Wildman–Crippen LogP) is 6.81. The third-order valence-electron chi connectivity index (χ3n) is 4.54. The summed E-state index contributed by atoms with van der Waals surface area (Å²) in [5.74, 6) is 0.984. The van der Waals surface area contributed by atoms with E-state index in [1.807, 2.05) is 24.3 Å². The van der Waals surface area contributed by atoms with Gasteiger partial charge in [-0.05, 0) is 66.1 Å². The maximum Gasteiger partial charge on any atom is 0.162 e. The van der Waals surface area contributed by atoms with Crippen LogP contribution in [0, 0.1) is 5.82 Å². The molecular weight excluding hydrogens is 492 g/mol. The quantitative estimate of drug-likeness (QED) is 0.319. The summed E-state index contributed by atoms with van der Waals surface area (Å²) in [5.41, 5.74) is 2.97. The molecule has 158 valence electrons. The first kappa shape index (κ1) is 22.9. The molecule has 0 fully saturated rings. The van der Waals surface area contributed by atoms with Crippen molar-refractivity contribution in [3.63, 3.8) is 0 Å². The summed E-state index contributed by atoms with van der Waals surface area (Å²) in [5, 5.41) is 4.72. The molecule has 3 rings (SSSR count). The Labute approximate surface area is 194 Å². The van der Waals surface area contributed by atoms with Crippen molar-refractivity contribution in [2.45, 2.75) is 19.6 Å². The molecule has 0 saturated heterocycles. The molecule has 3 aromatic rings. The van der Waals surface area contributed by atoms with E-state index in [9.17, 15) is 4.39 Å². The number of halogens is 4. The van der Waals surface area contributed by atoms with E-state index in [0.717, 1.165) is 34.1 Å². The Kier molecular flexibility index (Phi) is 8.40. The molecule has 3 aromatic carbocycles. The molecule has 0 radical (unpaired) electrons. The molecule has 1 N–H and O–H groups in total. The van der Waals surface area contributed by atoms with Crippen molar-refractivity contribution in [1.82, 2.24) is 5.32 Å². The van der Waals surface area contributed by atoms with E-state index in [4.69, 9.17) is 32.7 Å². The van der Waals surface area contributed by atoms with Gasteiger partial charge >= 0.3 is 0 Å². The van der Waals surface area contributed by atoms with Gasteiger partial charge in [-0.15, -0.1) is 0 Å². The molecule has 0 amide bonds. The summed E-state index contributed by atoms with van der Waals surface area (Å²) in [4.78, 5) is 0. The van der Waals surface area contributed by atoms with E-state index < -0.39 is 0 Å². The van der Waals surface area contributed by atoms with Gasteiger partial charge in [0.2, 0.25) is 0 Å². The van der Waals surface area contributed by atoms with Crippen molar-refractivity contribution in [2.24, 2.45) is 0 Å². The Bertz CT molecular complexity index is 999. The van der Waals surface area contributed by atoms with Crippen LogP contribution in [0.2, 0.25) is 10.0 Å². The second kappa shape index (κ2) is 11.0. The van der Waals surface area contributed by atoms with Gasteiger partial charge in [-0.2, -0.15) is 0 Å². The van der Waals surface area contributed by atoms with Gasteiger partial charge in [0.05, 0.1) is 7.11 Å². The highest BCUT2D eigenvalue weighted by molar-refractivity contribution is 9.10. The zero-order valence-electron chi connectivity index (χ0n) is 16.4. The highest BCUT2D eigenvalue weighted by Gasteiger charge is 2.11. The molecule has 0 aromatic heterocycles. The fraction of sp³-hybridized carbons (Fsp3) is 0.217. The van der Waals surface area contributed by atoms with Crippen LogP contribution in [0.25, 0.3) is 0 Å². The topological polar surface area (TPSA) is 30.5 Å². The van der Waals surface area contributed by atoms with Gasteiger partial charge in [-0.1, -0.05) is 57.3 Å². The molecule has 0 bridgehead atoms. The normalized spacial score (nSPS) is 10.8. The minimum atomic E-state index is -0.269. The van der Waals surface area contributed by atoms with Crippen molar-refractivity contribution in [1.29, 1.82) is 0 Å². The van der Waals surface area contributed by atoms with Crippen molar-refractivity contribution >= 4 is 39.1 Å². The van der Waals surface area contributed by atoms with Crippen molar-refractivity contribution in [2.75, 3.05) is 13.7 Å². The van der Waals surface area contributed by atoms with Crippen LogP contribution in [0.5, 0.6) is 11.5 Å². The number of benzene rings is 3. The second-order valence-electron chi connectivity index (χ2n) is 6.67. The minimum Gasteiger partial charge on any atom is -0.493 e. The number of hydrogen-bond acceptors (Lipinski definition) is 3. The summed E-state index contributed by atoms with van der Waals surface area (Å²) in [6, 6.07) is 15.6. The van der Waals surface area contributed by atoms with Crippen molar-refractivity contribution < 1.29 is 13.9 Å². The Morgan fingerprint density at radius 3 is 2.43 bits per heavy atom. The van der Waals surface area contributed by atoms with Gasteiger partial charge in [0.15, 0.2) is 11.5 Å². The first-order chi connectivity index (χ1) is 14.5. The Balaban J connectivity index is 1.58. The number of nitrogens with one attached hydrogen (secondary N) is 1. The summed E-state index contributed by atoms with van der Waals surface area (Å²) < 4.78 is 25.3. The zero-order chi connectivity index (χ0) is 21.5. The van der Waals surface area contributed by atoms with Gasteiger partial charge in [0.1, 0.15) is 12.4 Å². The van der Waals surface area contributed by atoms with E-state index in [0.29, 0.717) is 34.7 Å². The average Bonchev–Trinajstić information content (AvgIpc) is 2.73. The molecule has 0 aliphatic heterocycles. The smallest absolute Gasteiger partial charge is 0.162 e. The molecule has 0 saturated carbocycles. The zero-order valence-corrected chi connectivity index (χ0v) is 19.5. The first-order valence-electron chi connectivity index (χ1n) is 9.34. The van der Waals surface area contributed by atoms with Gasteiger partial charge < -0.3 is 14.8 Å². The van der Waals surface area contributed by atoms with Crippen LogP contribution in [0.15, 0.2) is 59.1 Å². The number of rotatable bonds is 9. The van der Waals surface area contributed by atoms with Crippen LogP contribution < -0.4 is 14.8 Å². The maximum absolute atomic E-state index is 13.0. The molecule has 0 atom stereocenters.